The molecule has 1 unspecified atom stereocenters. The predicted molar refractivity (Wildman–Crippen MR) is 141 cm³/mol. The number of benzene rings is 2. The molecule has 0 saturated heterocycles. The number of fused-ring (bicyclic) bond motifs is 1. The number of nitrogens with zero attached hydrogens (tertiary/aromatic N) is 4. The first-order valence-corrected chi connectivity index (χ1v) is 11.4. The quantitative estimate of drug-likeness (QED) is 0.266. The van der Waals surface area contributed by atoms with Crippen molar-refractivity contribution in [1.29, 1.82) is 0 Å². The summed E-state index contributed by atoms with van der Waals surface area (Å²) < 4.78 is 22.3. The summed E-state index contributed by atoms with van der Waals surface area (Å²) >= 11 is 0. The Balaban J connectivity index is 0.00000320. The SMILES string of the molecule is Cl.OC[C@@H](O)COC1(c2nn(Cc3ccccc3F)c3ccccc23)N=CC=C(Nc2ccncc2)N1. The number of hydrogen-bond donors (Lipinski definition) is 4. The zero-order valence-electron chi connectivity index (χ0n) is 19.7. The van der Waals surface area contributed by atoms with E-state index in [4.69, 9.17) is 9.84 Å². The second-order valence-electron chi connectivity index (χ2n) is 8.25. The van der Waals surface area contributed by atoms with Gasteiger partial charge in [-0.3, -0.25) is 9.67 Å². The minimum atomic E-state index is -1.53. The zero-order valence-corrected chi connectivity index (χ0v) is 20.5. The fourth-order valence-corrected chi connectivity index (χ4v) is 3.95. The first-order chi connectivity index (χ1) is 17.6. The van der Waals surface area contributed by atoms with Crippen molar-refractivity contribution in [3.05, 3.63) is 102 Å². The number of halogens is 2. The molecule has 37 heavy (non-hydrogen) atoms. The van der Waals surface area contributed by atoms with Gasteiger partial charge in [-0.1, -0.05) is 36.4 Å². The number of pyridine rings is 1. The van der Waals surface area contributed by atoms with Gasteiger partial charge in [0, 0.05) is 35.2 Å². The van der Waals surface area contributed by atoms with Crippen molar-refractivity contribution in [3.8, 4) is 0 Å². The molecule has 5 rings (SSSR count). The molecule has 0 fully saturated rings. The van der Waals surface area contributed by atoms with Gasteiger partial charge >= 0.3 is 0 Å². The monoisotopic (exact) mass is 524 g/mol. The molecule has 2 aromatic carbocycles. The van der Waals surface area contributed by atoms with Crippen LogP contribution in [0.4, 0.5) is 10.1 Å². The Morgan fingerprint density at radius 3 is 2.62 bits per heavy atom. The van der Waals surface area contributed by atoms with E-state index in [1.165, 1.54) is 6.07 Å². The van der Waals surface area contributed by atoms with Crippen molar-refractivity contribution >= 4 is 35.2 Å². The molecule has 0 saturated carbocycles. The average Bonchev–Trinajstić information content (AvgIpc) is 3.28. The van der Waals surface area contributed by atoms with Crippen molar-refractivity contribution in [2.75, 3.05) is 18.5 Å². The second kappa shape index (κ2) is 11.5. The number of rotatable bonds is 9. The lowest BCUT2D eigenvalue weighted by molar-refractivity contribution is -0.105. The largest absolute Gasteiger partial charge is 0.394 e. The van der Waals surface area contributed by atoms with E-state index in [0.29, 0.717) is 17.1 Å². The van der Waals surface area contributed by atoms with Crippen LogP contribution >= 0.6 is 12.4 Å². The van der Waals surface area contributed by atoms with Gasteiger partial charge in [-0.05, 0) is 30.3 Å². The fraction of sp³-hybridized carbons (Fsp3) is 0.192. The molecule has 0 spiro atoms. The Bertz CT molecular complexity index is 1410. The number of aliphatic hydroxyl groups excluding tert-OH is 2. The highest BCUT2D eigenvalue weighted by molar-refractivity contribution is 5.85. The molecule has 1 aliphatic rings. The number of anilines is 1. The van der Waals surface area contributed by atoms with Crippen LogP contribution in [-0.4, -0.2) is 50.5 Å². The van der Waals surface area contributed by atoms with Gasteiger partial charge < -0.3 is 25.6 Å². The highest BCUT2D eigenvalue weighted by atomic mass is 35.5. The van der Waals surface area contributed by atoms with E-state index in [2.05, 4.69) is 20.6 Å². The summed E-state index contributed by atoms with van der Waals surface area (Å²) in [5.41, 5.74) is 2.47. The van der Waals surface area contributed by atoms with Crippen LogP contribution in [0.25, 0.3) is 10.9 Å². The van der Waals surface area contributed by atoms with Crippen molar-refractivity contribution in [2.24, 2.45) is 4.99 Å². The van der Waals surface area contributed by atoms with Crippen LogP contribution in [0.5, 0.6) is 0 Å². The first kappa shape index (κ1) is 26.2. The molecular weight excluding hydrogens is 499 g/mol. The smallest absolute Gasteiger partial charge is 0.286 e. The molecule has 0 bridgehead atoms. The van der Waals surface area contributed by atoms with Crippen molar-refractivity contribution < 1.29 is 19.3 Å². The van der Waals surface area contributed by atoms with Crippen LogP contribution in [0.15, 0.2) is 89.9 Å². The Labute approximate surface area is 218 Å². The molecule has 0 radical (unpaired) electrons. The van der Waals surface area contributed by atoms with Crippen molar-refractivity contribution in [1.82, 2.24) is 20.1 Å². The van der Waals surface area contributed by atoms with E-state index in [-0.39, 0.29) is 31.4 Å². The molecule has 4 N–H and O–H groups in total. The number of para-hydroxylation sites is 1. The summed E-state index contributed by atoms with van der Waals surface area (Å²) in [6.07, 6.45) is 5.53. The summed E-state index contributed by atoms with van der Waals surface area (Å²) in [7, 11) is 0. The molecule has 2 aromatic heterocycles. The van der Waals surface area contributed by atoms with Gasteiger partial charge in [-0.2, -0.15) is 5.10 Å². The lowest BCUT2D eigenvalue weighted by Gasteiger charge is -2.34. The molecule has 9 nitrogen and oxygen atoms in total. The van der Waals surface area contributed by atoms with E-state index in [1.807, 2.05) is 36.4 Å². The van der Waals surface area contributed by atoms with E-state index in [0.717, 1.165) is 16.6 Å². The van der Waals surface area contributed by atoms with Gasteiger partial charge in [-0.25, -0.2) is 9.38 Å². The molecule has 2 atom stereocenters. The number of hydrogen-bond acceptors (Lipinski definition) is 8. The molecule has 3 heterocycles. The summed E-state index contributed by atoms with van der Waals surface area (Å²) in [4.78, 5) is 8.62. The van der Waals surface area contributed by atoms with Crippen LogP contribution in [-0.2, 0) is 17.1 Å². The van der Waals surface area contributed by atoms with Crippen LogP contribution in [0.1, 0.15) is 11.3 Å². The Hall–Kier alpha value is -3.83. The highest BCUT2D eigenvalue weighted by Crippen LogP contribution is 2.33. The molecule has 11 heteroatoms. The van der Waals surface area contributed by atoms with E-state index in [1.54, 1.807) is 47.6 Å². The van der Waals surface area contributed by atoms with Crippen LogP contribution in [0.2, 0.25) is 0 Å². The number of ether oxygens (including phenoxy) is 1. The van der Waals surface area contributed by atoms with Crippen molar-refractivity contribution in [2.45, 2.75) is 18.5 Å². The first-order valence-electron chi connectivity index (χ1n) is 11.4. The predicted octanol–water partition coefficient (Wildman–Crippen LogP) is 3.15. The Kier molecular flexibility index (Phi) is 8.14. The topological polar surface area (TPSA) is 117 Å². The third-order valence-electron chi connectivity index (χ3n) is 5.71. The number of nitrogens with one attached hydrogen (secondary N) is 2. The molecule has 192 valence electrons. The van der Waals surface area contributed by atoms with Gasteiger partial charge in [-0.15, -0.1) is 12.4 Å². The summed E-state index contributed by atoms with van der Waals surface area (Å²) in [6.45, 7) is -0.484. The second-order valence-corrected chi connectivity index (χ2v) is 8.25. The van der Waals surface area contributed by atoms with Crippen LogP contribution in [0.3, 0.4) is 0 Å². The number of aliphatic hydroxyl groups is 2. The van der Waals surface area contributed by atoms with E-state index >= 15 is 0 Å². The molecule has 4 aromatic rings. The van der Waals surface area contributed by atoms with Crippen molar-refractivity contribution in [3.63, 3.8) is 0 Å². The standard InChI is InChI=1S/C26H25FN6O3.ClH/c27-22-7-3-1-5-18(22)15-33-23-8-4-2-6-21(23)25(32-33)26(36-17-20(35)16-34)29-14-11-24(31-26)30-19-9-12-28-13-10-19;/h1-14,20,31,34-35H,15-17H2,(H,28,30);1H/t20-,26?;/m1./s1. The summed E-state index contributed by atoms with van der Waals surface area (Å²) in [6, 6.07) is 17.7. The molecular formula is C26H26ClFN6O3. The highest BCUT2D eigenvalue weighted by Gasteiger charge is 2.40. The average molecular weight is 525 g/mol. The maximum Gasteiger partial charge on any atom is 0.286 e. The Morgan fingerprint density at radius 2 is 1.84 bits per heavy atom. The molecule has 0 aliphatic carbocycles. The van der Waals surface area contributed by atoms with Gasteiger partial charge in [0.2, 0.25) is 0 Å². The lowest BCUT2D eigenvalue weighted by Crippen LogP contribution is -2.48. The number of aliphatic imine (C=N–C) groups is 1. The van der Waals surface area contributed by atoms with E-state index < -0.39 is 18.6 Å². The maximum absolute atomic E-state index is 14.4. The minimum Gasteiger partial charge on any atom is -0.394 e. The fourth-order valence-electron chi connectivity index (χ4n) is 3.95. The number of allylic oxidation sites excluding steroid dienone is 1. The van der Waals surface area contributed by atoms with Crippen LogP contribution in [0, 0.1) is 5.82 Å². The number of aromatic nitrogens is 3. The third kappa shape index (κ3) is 5.62. The third-order valence-corrected chi connectivity index (χ3v) is 5.71. The van der Waals surface area contributed by atoms with Gasteiger partial charge in [0.1, 0.15) is 23.4 Å². The molecule has 1 aliphatic heterocycles. The Morgan fingerprint density at radius 1 is 1.08 bits per heavy atom. The van der Waals surface area contributed by atoms with Gasteiger partial charge in [0.25, 0.3) is 5.85 Å². The minimum absolute atomic E-state index is 0. The van der Waals surface area contributed by atoms with Crippen LogP contribution < -0.4 is 10.6 Å². The normalized spacial score (nSPS) is 17.5. The maximum atomic E-state index is 14.4. The summed E-state index contributed by atoms with van der Waals surface area (Å²) in [5, 5.41) is 31.4. The zero-order chi connectivity index (χ0) is 25.0. The van der Waals surface area contributed by atoms with Gasteiger partial charge in [0.15, 0.2) is 0 Å². The lowest BCUT2D eigenvalue weighted by atomic mass is 10.1. The molecule has 0 amide bonds. The van der Waals surface area contributed by atoms with E-state index in [9.17, 15) is 14.6 Å². The van der Waals surface area contributed by atoms with Gasteiger partial charge in [0.05, 0.1) is 25.3 Å². The summed E-state index contributed by atoms with van der Waals surface area (Å²) in [5.74, 6) is -1.28.